The third kappa shape index (κ3) is 2.06. The van der Waals surface area contributed by atoms with Gasteiger partial charge < -0.3 is 20.3 Å². The van der Waals surface area contributed by atoms with Crippen LogP contribution in [0.15, 0.2) is 16.4 Å². The maximum atomic E-state index is 12.2. The molecule has 0 saturated carbocycles. The van der Waals surface area contributed by atoms with E-state index in [-0.39, 0.29) is 29.7 Å². The van der Waals surface area contributed by atoms with Gasteiger partial charge in [0.25, 0.3) is 0 Å². The number of ether oxygens (including phenoxy) is 1. The lowest BCUT2D eigenvalue weighted by atomic mass is 9.79. The van der Waals surface area contributed by atoms with Gasteiger partial charge in [0.05, 0.1) is 37.5 Å². The average Bonchev–Trinajstić information content (AvgIpc) is 2.70. The molecule has 22 heavy (non-hydrogen) atoms. The number of amides is 1. The van der Waals surface area contributed by atoms with Gasteiger partial charge in [-0.2, -0.15) is 0 Å². The number of rotatable bonds is 4. The third-order valence-electron chi connectivity index (χ3n) is 4.44. The molecule has 0 bridgehead atoms. The smallest absolute Gasteiger partial charge is 0.356 e. The van der Waals surface area contributed by atoms with E-state index in [0.717, 1.165) is 0 Å². The zero-order chi connectivity index (χ0) is 16.0. The topological polar surface area (TPSA) is 111 Å². The van der Waals surface area contributed by atoms with Crippen molar-refractivity contribution in [2.75, 3.05) is 13.1 Å². The Bertz CT molecular complexity index is 571. The van der Waals surface area contributed by atoms with E-state index >= 15 is 0 Å². The fourth-order valence-corrected chi connectivity index (χ4v) is 3.42. The number of aliphatic hydroxyl groups is 1. The average molecular weight is 309 g/mol. The molecule has 0 spiro atoms. The van der Waals surface area contributed by atoms with Crippen LogP contribution in [0.5, 0.6) is 0 Å². The Morgan fingerprint density at radius 1 is 1.59 bits per heavy atom. The first-order chi connectivity index (χ1) is 10.4. The van der Waals surface area contributed by atoms with Crippen LogP contribution in [0, 0.1) is 11.8 Å². The first kappa shape index (κ1) is 14.8. The van der Waals surface area contributed by atoms with Crippen molar-refractivity contribution in [3.05, 3.63) is 11.5 Å². The van der Waals surface area contributed by atoms with Crippen molar-refractivity contribution >= 4 is 18.2 Å². The Kier molecular flexibility index (Phi) is 3.56. The van der Waals surface area contributed by atoms with Crippen LogP contribution in [0.2, 0.25) is 0 Å². The standard InChI is InChI=1S/C14H19N3O5/c1-6-10-9(7(2)18)13(19)17(10)11(14(20)21)12(6)22-8-3-15-5-16-4-8/h5-10,18H,3-4H2,1-2H3,(H,15,16)(H,20,21)/t6-,7-,9-,10+/m1/s1. The van der Waals surface area contributed by atoms with Crippen molar-refractivity contribution in [2.45, 2.75) is 32.1 Å². The van der Waals surface area contributed by atoms with Gasteiger partial charge in [0.2, 0.25) is 5.91 Å². The number of hydrogen-bond donors (Lipinski definition) is 3. The summed E-state index contributed by atoms with van der Waals surface area (Å²) in [7, 11) is 0. The summed E-state index contributed by atoms with van der Waals surface area (Å²) >= 11 is 0. The van der Waals surface area contributed by atoms with E-state index < -0.39 is 18.0 Å². The Balaban J connectivity index is 1.88. The van der Waals surface area contributed by atoms with Gasteiger partial charge in [-0.25, -0.2) is 4.79 Å². The number of nitrogens with zero attached hydrogens (tertiary/aromatic N) is 2. The normalized spacial score (nSPS) is 34.9. The van der Waals surface area contributed by atoms with Crippen molar-refractivity contribution in [3.8, 4) is 0 Å². The van der Waals surface area contributed by atoms with Crippen molar-refractivity contribution in [3.63, 3.8) is 0 Å². The molecule has 1 fully saturated rings. The van der Waals surface area contributed by atoms with Gasteiger partial charge in [0, 0.05) is 5.92 Å². The highest BCUT2D eigenvalue weighted by Crippen LogP contribution is 2.47. The fraction of sp³-hybridized carbons (Fsp3) is 0.643. The molecule has 120 valence electrons. The van der Waals surface area contributed by atoms with Crippen LogP contribution in [0.1, 0.15) is 13.8 Å². The first-order valence-corrected chi connectivity index (χ1v) is 7.30. The van der Waals surface area contributed by atoms with E-state index in [0.29, 0.717) is 18.8 Å². The molecule has 8 heteroatoms. The summed E-state index contributed by atoms with van der Waals surface area (Å²) in [5.74, 6) is -2.09. The number of fused-ring (bicyclic) bond motifs is 1. The summed E-state index contributed by atoms with van der Waals surface area (Å²) in [6.45, 7) is 4.34. The second kappa shape index (κ2) is 5.28. The van der Waals surface area contributed by atoms with Gasteiger partial charge in [-0.1, -0.05) is 6.92 Å². The number of carboxylic acid groups (broad SMARTS) is 1. The molecule has 1 unspecified atom stereocenters. The third-order valence-corrected chi connectivity index (χ3v) is 4.44. The molecule has 0 radical (unpaired) electrons. The largest absolute Gasteiger partial charge is 0.488 e. The molecule has 3 rings (SSSR count). The lowest BCUT2D eigenvalue weighted by Gasteiger charge is -2.46. The molecule has 5 atom stereocenters. The van der Waals surface area contributed by atoms with Crippen LogP contribution in [-0.2, 0) is 14.3 Å². The maximum absolute atomic E-state index is 12.2. The highest BCUT2D eigenvalue weighted by atomic mass is 16.5. The van der Waals surface area contributed by atoms with Gasteiger partial charge in [-0.05, 0) is 6.92 Å². The number of nitrogens with one attached hydrogen (secondary N) is 1. The van der Waals surface area contributed by atoms with E-state index in [1.807, 2.05) is 6.92 Å². The van der Waals surface area contributed by atoms with Gasteiger partial charge in [0.1, 0.15) is 11.9 Å². The summed E-state index contributed by atoms with van der Waals surface area (Å²) in [4.78, 5) is 29.0. The van der Waals surface area contributed by atoms with Crippen LogP contribution < -0.4 is 5.32 Å². The molecule has 3 N–H and O–H groups in total. The maximum Gasteiger partial charge on any atom is 0.356 e. The van der Waals surface area contributed by atoms with Gasteiger partial charge in [-0.15, -0.1) is 0 Å². The number of carboxylic acids is 1. The number of aliphatic imine (C=N–C) groups is 1. The van der Waals surface area contributed by atoms with Crippen LogP contribution in [-0.4, -0.2) is 64.7 Å². The predicted octanol–water partition coefficient (Wildman–Crippen LogP) is -0.843. The molecule has 0 aliphatic carbocycles. The summed E-state index contributed by atoms with van der Waals surface area (Å²) in [5.41, 5.74) is -0.103. The molecule has 0 aromatic heterocycles. The second-order valence-corrected chi connectivity index (χ2v) is 5.91. The molecule has 3 heterocycles. The number of carbonyl (C=O) groups excluding carboxylic acids is 1. The zero-order valence-electron chi connectivity index (χ0n) is 12.4. The molecular formula is C14H19N3O5. The minimum atomic E-state index is -1.19. The molecule has 3 aliphatic heterocycles. The van der Waals surface area contributed by atoms with Crippen molar-refractivity contribution in [2.24, 2.45) is 16.8 Å². The van der Waals surface area contributed by atoms with E-state index in [9.17, 15) is 19.8 Å². The van der Waals surface area contributed by atoms with E-state index in [1.165, 1.54) is 4.90 Å². The highest BCUT2D eigenvalue weighted by molar-refractivity contribution is 5.99. The number of carbonyl (C=O) groups is 2. The summed E-state index contributed by atoms with van der Waals surface area (Å²) in [6, 6.07) is -0.353. The summed E-state index contributed by atoms with van der Waals surface area (Å²) in [6.07, 6.45) is 0.507. The Hall–Kier alpha value is -2.09. The number of hydrogen-bond acceptors (Lipinski definition) is 6. The SMILES string of the molecule is C[C@@H](O)[C@H]1C(=O)N2C(C(=O)O)=C(OC3CN=CNC3)[C@H](C)[C@@H]12. The van der Waals surface area contributed by atoms with Crippen molar-refractivity contribution in [1.29, 1.82) is 0 Å². The Labute approximate surface area is 127 Å². The number of aliphatic hydroxyl groups excluding tert-OH is 1. The molecular weight excluding hydrogens is 290 g/mol. The molecule has 0 aromatic carbocycles. The van der Waals surface area contributed by atoms with Crippen LogP contribution in [0.3, 0.4) is 0 Å². The van der Waals surface area contributed by atoms with Crippen molar-refractivity contribution < 1.29 is 24.5 Å². The van der Waals surface area contributed by atoms with E-state index in [1.54, 1.807) is 13.3 Å². The summed E-state index contributed by atoms with van der Waals surface area (Å²) < 4.78 is 5.84. The number of β-lactam (4-membered cyclic amide) rings is 1. The van der Waals surface area contributed by atoms with Crippen LogP contribution in [0.25, 0.3) is 0 Å². The summed E-state index contributed by atoms with van der Waals surface area (Å²) in [5, 5.41) is 22.1. The van der Waals surface area contributed by atoms with Crippen LogP contribution in [0.4, 0.5) is 0 Å². The van der Waals surface area contributed by atoms with Crippen molar-refractivity contribution in [1.82, 2.24) is 10.2 Å². The second-order valence-electron chi connectivity index (χ2n) is 5.91. The Morgan fingerprint density at radius 3 is 2.86 bits per heavy atom. The van der Waals surface area contributed by atoms with Gasteiger partial charge in [-0.3, -0.25) is 14.7 Å². The fourth-order valence-electron chi connectivity index (χ4n) is 3.42. The minimum absolute atomic E-state index is 0.103. The molecule has 8 nitrogen and oxygen atoms in total. The van der Waals surface area contributed by atoms with E-state index in [2.05, 4.69) is 10.3 Å². The van der Waals surface area contributed by atoms with Crippen LogP contribution >= 0.6 is 0 Å². The minimum Gasteiger partial charge on any atom is -0.488 e. The molecule has 1 amide bonds. The van der Waals surface area contributed by atoms with Gasteiger partial charge in [0.15, 0.2) is 5.70 Å². The predicted molar refractivity (Wildman–Crippen MR) is 75.9 cm³/mol. The molecule has 0 aromatic rings. The number of aliphatic carboxylic acids is 1. The first-order valence-electron chi connectivity index (χ1n) is 7.30. The highest BCUT2D eigenvalue weighted by Gasteiger charge is 2.61. The van der Waals surface area contributed by atoms with E-state index in [4.69, 9.17) is 4.74 Å². The lowest BCUT2D eigenvalue weighted by molar-refractivity contribution is -0.163. The Morgan fingerprint density at radius 2 is 2.32 bits per heavy atom. The quantitative estimate of drug-likeness (QED) is 0.584. The van der Waals surface area contributed by atoms with Gasteiger partial charge >= 0.3 is 5.97 Å². The molecule has 3 aliphatic rings. The molecule has 1 saturated heterocycles. The lowest BCUT2D eigenvalue weighted by Crippen LogP contribution is -2.63. The zero-order valence-corrected chi connectivity index (χ0v) is 12.4. The monoisotopic (exact) mass is 309 g/mol.